The lowest BCUT2D eigenvalue weighted by molar-refractivity contribution is 0.0385. The third kappa shape index (κ3) is 4.88. The molecule has 2 aromatic heterocycles. The Morgan fingerprint density at radius 1 is 1.18 bits per heavy atom. The first-order valence-corrected chi connectivity index (χ1v) is 12.2. The summed E-state index contributed by atoms with van der Waals surface area (Å²) in [5.41, 5.74) is 3.04. The van der Waals surface area contributed by atoms with Crippen LogP contribution in [0.5, 0.6) is 5.75 Å². The third-order valence-electron chi connectivity index (χ3n) is 6.80. The van der Waals surface area contributed by atoms with Crippen LogP contribution in [0.4, 0.5) is 4.79 Å². The van der Waals surface area contributed by atoms with Gasteiger partial charge in [0.05, 0.1) is 31.5 Å². The number of amides is 2. The number of piperidine rings is 1. The molecule has 180 valence electrons. The van der Waals surface area contributed by atoms with E-state index in [4.69, 9.17) is 14.5 Å². The minimum Gasteiger partial charge on any atom is -0.497 e. The fourth-order valence-electron chi connectivity index (χ4n) is 4.96. The van der Waals surface area contributed by atoms with E-state index in [0.717, 1.165) is 80.6 Å². The molecule has 0 saturated carbocycles. The van der Waals surface area contributed by atoms with Crippen LogP contribution in [-0.4, -0.2) is 84.8 Å². The van der Waals surface area contributed by atoms with Crippen molar-refractivity contribution >= 4 is 11.5 Å². The molecule has 2 aliphatic rings. The van der Waals surface area contributed by atoms with Crippen molar-refractivity contribution in [2.45, 2.75) is 18.8 Å². The number of hydrogen-bond acceptors (Lipinski definition) is 5. The molecule has 34 heavy (non-hydrogen) atoms. The van der Waals surface area contributed by atoms with Crippen molar-refractivity contribution in [1.29, 1.82) is 0 Å². The summed E-state index contributed by atoms with van der Waals surface area (Å²) >= 11 is 0. The number of imidazole rings is 1. The van der Waals surface area contributed by atoms with Gasteiger partial charge in [0.15, 0.2) is 0 Å². The van der Waals surface area contributed by atoms with Crippen molar-refractivity contribution < 1.29 is 14.3 Å². The number of ether oxygens (including phenoxy) is 2. The standard InChI is InChI=1S/C26H33N5O3/c1-33-22-8-4-6-20(18-22)24-23-9-2-3-12-31(23)25(28-24)21-7-5-11-30(19-21)26(32)27-10-13-29-14-16-34-17-15-29/h2-4,6,8-9,12,18,21H,5,7,10-11,13-17,19H2,1H3,(H,27,32). The monoisotopic (exact) mass is 463 g/mol. The van der Waals surface area contributed by atoms with Crippen LogP contribution in [0.2, 0.25) is 0 Å². The molecule has 1 N–H and O–H groups in total. The number of nitrogens with one attached hydrogen (secondary N) is 1. The van der Waals surface area contributed by atoms with Crippen LogP contribution in [-0.2, 0) is 4.74 Å². The van der Waals surface area contributed by atoms with E-state index >= 15 is 0 Å². The molecule has 4 heterocycles. The van der Waals surface area contributed by atoms with Gasteiger partial charge < -0.3 is 24.1 Å². The van der Waals surface area contributed by atoms with Gasteiger partial charge in [0.2, 0.25) is 0 Å². The Morgan fingerprint density at radius 3 is 2.91 bits per heavy atom. The van der Waals surface area contributed by atoms with E-state index in [9.17, 15) is 4.79 Å². The minimum absolute atomic E-state index is 0.0202. The Balaban J connectivity index is 1.31. The van der Waals surface area contributed by atoms with Crippen molar-refractivity contribution in [3.8, 4) is 17.0 Å². The second kappa shape index (κ2) is 10.4. The Morgan fingerprint density at radius 2 is 2.06 bits per heavy atom. The lowest BCUT2D eigenvalue weighted by Gasteiger charge is -2.32. The summed E-state index contributed by atoms with van der Waals surface area (Å²) in [5, 5.41) is 3.12. The number of fused-ring (bicyclic) bond motifs is 1. The van der Waals surface area contributed by atoms with E-state index in [-0.39, 0.29) is 11.9 Å². The lowest BCUT2D eigenvalue weighted by Crippen LogP contribution is -2.48. The van der Waals surface area contributed by atoms with Crippen LogP contribution >= 0.6 is 0 Å². The van der Waals surface area contributed by atoms with Gasteiger partial charge in [0, 0.05) is 56.9 Å². The number of benzene rings is 1. The summed E-state index contributed by atoms with van der Waals surface area (Å²) in [6.07, 6.45) is 4.06. The molecule has 8 nitrogen and oxygen atoms in total. The quantitative estimate of drug-likeness (QED) is 0.608. The number of rotatable bonds is 6. The van der Waals surface area contributed by atoms with Crippen LogP contribution in [0.15, 0.2) is 48.7 Å². The van der Waals surface area contributed by atoms with Gasteiger partial charge in [-0.25, -0.2) is 9.78 Å². The van der Waals surface area contributed by atoms with Crippen LogP contribution in [0, 0.1) is 0 Å². The van der Waals surface area contributed by atoms with Crippen molar-refractivity contribution in [2.75, 3.05) is 59.6 Å². The van der Waals surface area contributed by atoms with E-state index in [2.05, 4.69) is 32.9 Å². The van der Waals surface area contributed by atoms with Crippen LogP contribution in [0.1, 0.15) is 24.6 Å². The summed E-state index contributed by atoms with van der Waals surface area (Å²) in [4.78, 5) is 22.3. The molecule has 5 rings (SSSR count). The lowest BCUT2D eigenvalue weighted by atomic mass is 9.97. The Bertz CT molecular complexity index is 1120. The number of methoxy groups -OCH3 is 1. The Hall–Kier alpha value is -3.10. The number of pyridine rings is 1. The maximum atomic E-state index is 12.9. The van der Waals surface area contributed by atoms with E-state index < -0.39 is 0 Å². The summed E-state index contributed by atoms with van der Waals surface area (Å²) < 4.78 is 13.0. The zero-order valence-electron chi connectivity index (χ0n) is 19.8. The van der Waals surface area contributed by atoms with Gasteiger partial charge in [0.1, 0.15) is 11.6 Å². The predicted octanol–water partition coefficient (Wildman–Crippen LogP) is 3.23. The van der Waals surface area contributed by atoms with E-state index in [1.165, 1.54) is 0 Å². The highest BCUT2D eigenvalue weighted by Gasteiger charge is 2.28. The molecule has 0 bridgehead atoms. The SMILES string of the molecule is COc1cccc(-c2nc(C3CCCN(C(=O)NCCN4CCOCC4)C3)n3ccccc23)c1. The highest BCUT2D eigenvalue weighted by molar-refractivity contribution is 5.78. The summed E-state index contributed by atoms with van der Waals surface area (Å²) in [6, 6.07) is 14.2. The van der Waals surface area contributed by atoms with Crippen molar-refractivity contribution in [3.05, 3.63) is 54.5 Å². The highest BCUT2D eigenvalue weighted by atomic mass is 16.5. The molecule has 1 aromatic carbocycles. The van der Waals surface area contributed by atoms with Crippen molar-refractivity contribution in [2.24, 2.45) is 0 Å². The van der Waals surface area contributed by atoms with Gasteiger partial charge in [-0.3, -0.25) is 4.90 Å². The number of carbonyl (C=O) groups is 1. The number of likely N-dealkylation sites (tertiary alicyclic amines) is 1. The van der Waals surface area contributed by atoms with Gasteiger partial charge in [-0.05, 0) is 37.1 Å². The van der Waals surface area contributed by atoms with Crippen molar-refractivity contribution in [3.63, 3.8) is 0 Å². The first-order valence-electron chi connectivity index (χ1n) is 12.2. The van der Waals surface area contributed by atoms with Gasteiger partial charge in [-0.2, -0.15) is 0 Å². The molecule has 3 aromatic rings. The van der Waals surface area contributed by atoms with Crippen LogP contribution in [0.3, 0.4) is 0 Å². The highest BCUT2D eigenvalue weighted by Crippen LogP contribution is 2.33. The fourth-order valence-corrected chi connectivity index (χ4v) is 4.96. The predicted molar refractivity (Wildman–Crippen MR) is 131 cm³/mol. The zero-order chi connectivity index (χ0) is 23.3. The molecule has 8 heteroatoms. The number of carbonyl (C=O) groups excluding carboxylic acids is 1. The second-order valence-corrected chi connectivity index (χ2v) is 8.98. The molecular weight excluding hydrogens is 430 g/mol. The van der Waals surface area contributed by atoms with Gasteiger partial charge in [-0.15, -0.1) is 0 Å². The van der Waals surface area contributed by atoms with Gasteiger partial charge in [-0.1, -0.05) is 18.2 Å². The van der Waals surface area contributed by atoms with E-state index in [1.807, 2.05) is 35.2 Å². The average Bonchev–Trinajstić information content (AvgIpc) is 3.29. The molecule has 2 amide bonds. The van der Waals surface area contributed by atoms with Crippen LogP contribution in [0.25, 0.3) is 16.8 Å². The molecule has 2 aliphatic heterocycles. The number of morpholine rings is 1. The minimum atomic E-state index is 0.0202. The smallest absolute Gasteiger partial charge is 0.317 e. The number of hydrogen-bond donors (Lipinski definition) is 1. The number of nitrogens with zero attached hydrogens (tertiary/aromatic N) is 4. The Labute approximate surface area is 200 Å². The van der Waals surface area contributed by atoms with E-state index in [0.29, 0.717) is 13.1 Å². The summed E-state index contributed by atoms with van der Waals surface area (Å²) in [7, 11) is 1.68. The maximum Gasteiger partial charge on any atom is 0.317 e. The maximum absolute atomic E-state index is 12.9. The molecule has 0 radical (unpaired) electrons. The fraction of sp³-hybridized carbons (Fsp3) is 0.462. The molecular formula is C26H33N5O3. The third-order valence-corrected chi connectivity index (χ3v) is 6.80. The molecule has 2 fully saturated rings. The second-order valence-electron chi connectivity index (χ2n) is 8.98. The Kier molecular flexibility index (Phi) is 6.97. The van der Waals surface area contributed by atoms with Gasteiger partial charge in [0.25, 0.3) is 0 Å². The van der Waals surface area contributed by atoms with Gasteiger partial charge >= 0.3 is 6.03 Å². The molecule has 0 aliphatic carbocycles. The number of urea groups is 1. The molecule has 0 spiro atoms. The van der Waals surface area contributed by atoms with Crippen LogP contribution < -0.4 is 10.1 Å². The largest absolute Gasteiger partial charge is 0.497 e. The normalized spacial score (nSPS) is 19.3. The van der Waals surface area contributed by atoms with Crippen molar-refractivity contribution in [1.82, 2.24) is 24.5 Å². The molecule has 1 atom stereocenters. The summed E-state index contributed by atoms with van der Waals surface area (Å²) in [6.45, 7) is 6.40. The van der Waals surface area contributed by atoms with E-state index in [1.54, 1.807) is 7.11 Å². The average molecular weight is 464 g/mol. The summed E-state index contributed by atoms with van der Waals surface area (Å²) in [5.74, 6) is 2.01. The first kappa shape index (κ1) is 22.7. The topological polar surface area (TPSA) is 71.3 Å². The molecule has 2 saturated heterocycles. The first-order chi connectivity index (χ1) is 16.7. The number of aromatic nitrogens is 2. The zero-order valence-corrected chi connectivity index (χ0v) is 19.8. The molecule has 1 unspecified atom stereocenters.